The number of aromatic nitrogens is 1. The molecule has 2 atom stereocenters. The SMILES string of the molecule is Fc1ccc(-c2ccc([C@H]3[C@H](c4ccccn4)NC(=S)N3CCN3CCOCC3)o2)cc1. The monoisotopic (exact) mass is 452 g/mol. The van der Waals surface area contributed by atoms with Gasteiger partial charge in [0.25, 0.3) is 0 Å². The van der Waals surface area contributed by atoms with Gasteiger partial charge in [0, 0.05) is 37.9 Å². The van der Waals surface area contributed by atoms with Crippen LogP contribution >= 0.6 is 12.2 Å². The molecule has 5 rings (SSSR count). The lowest BCUT2D eigenvalue weighted by atomic mass is 10.0. The van der Waals surface area contributed by atoms with Crippen LogP contribution in [0.1, 0.15) is 23.5 Å². The standard InChI is InChI=1S/C24H25FN4O2S/c25-18-6-4-17(5-7-18)20-8-9-21(31-20)23-22(19-3-1-2-10-26-19)27-24(32)29(23)12-11-28-13-15-30-16-14-28/h1-10,22-23H,11-16H2,(H,27,32)/t22-,23-/m0/s1. The van der Waals surface area contributed by atoms with Crippen LogP contribution in [0.2, 0.25) is 0 Å². The van der Waals surface area contributed by atoms with Crippen LogP contribution < -0.4 is 5.32 Å². The van der Waals surface area contributed by atoms with E-state index in [-0.39, 0.29) is 17.9 Å². The fourth-order valence-corrected chi connectivity index (χ4v) is 4.64. The van der Waals surface area contributed by atoms with E-state index in [1.807, 2.05) is 30.3 Å². The molecule has 0 aliphatic carbocycles. The van der Waals surface area contributed by atoms with Crippen LogP contribution in [-0.4, -0.2) is 59.3 Å². The summed E-state index contributed by atoms with van der Waals surface area (Å²) in [5.74, 6) is 1.23. The minimum atomic E-state index is -0.268. The highest BCUT2D eigenvalue weighted by Crippen LogP contribution is 2.40. The minimum Gasteiger partial charge on any atom is -0.459 e. The molecule has 0 saturated carbocycles. The van der Waals surface area contributed by atoms with Crippen molar-refractivity contribution in [3.63, 3.8) is 0 Å². The fourth-order valence-electron chi connectivity index (χ4n) is 4.31. The van der Waals surface area contributed by atoms with Crippen molar-refractivity contribution in [1.82, 2.24) is 20.1 Å². The van der Waals surface area contributed by atoms with E-state index in [2.05, 4.69) is 20.1 Å². The summed E-state index contributed by atoms with van der Waals surface area (Å²) >= 11 is 5.74. The first-order valence-corrected chi connectivity index (χ1v) is 11.2. The fraction of sp³-hybridized carbons (Fsp3) is 0.333. The molecule has 0 unspecified atom stereocenters. The van der Waals surface area contributed by atoms with E-state index in [1.54, 1.807) is 18.3 Å². The van der Waals surface area contributed by atoms with Crippen LogP contribution in [0, 0.1) is 5.82 Å². The zero-order valence-corrected chi connectivity index (χ0v) is 18.4. The van der Waals surface area contributed by atoms with Gasteiger partial charge in [0.2, 0.25) is 0 Å². The maximum atomic E-state index is 13.3. The van der Waals surface area contributed by atoms with E-state index in [0.717, 1.165) is 56.4 Å². The number of ether oxygens (including phenoxy) is 1. The Kier molecular flexibility index (Phi) is 6.16. The third-order valence-electron chi connectivity index (χ3n) is 6.01. The molecule has 0 amide bonds. The number of rotatable bonds is 6. The Hall–Kier alpha value is -2.81. The molecule has 2 saturated heterocycles. The van der Waals surface area contributed by atoms with Crippen molar-refractivity contribution in [1.29, 1.82) is 0 Å². The molecule has 4 heterocycles. The van der Waals surface area contributed by atoms with Gasteiger partial charge in [-0.15, -0.1) is 0 Å². The Labute approximate surface area is 192 Å². The zero-order valence-electron chi connectivity index (χ0n) is 17.6. The summed E-state index contributed by atoms with van der Waals surface area (Å²) in [6.45, 7) is 5.05. The van der Waals surface area contributed by atoms with Gasteiger partial charge in [-0.05, 0) is 60.7 Å². The normalized spacial score (nSPS) is 21.7. The summed E-state index contributed by atoms with van der Waals surface area (Å²) in [6.07, 6.45) is 1.79. The highest BCUT2D eigenvalue weighted by molar-refractivity contribution is 7.80. The van der Waals surface area contributed by atoms with Crippen molar-refractivity contribution in [3.05, 3.63) is 78.1 Å². The molecule has 8 heteroatoms. The molecular formula is C24H25FN4O2S. The van der Waals surface area contributed by atoms with Crippen molar-refractivity contribution in [2.75, 3.05) is 39.4 Å². The lowest BCUT2D eigenvalue weighted by Crippen LogP contribution is -2.42. The number of nitrogens with zero attached hydrogens (tertiary/aromatic N) is 3. The highest BCUT2D eigenvalue weighted by Gasteiger charge is 2.41. The minimum absolute atomic E-state index is 0.124. The number of morpholine rings is 1. The molecular weight excluding hydrogens is 427 g/mol. The van der Waals surface area contributed by atoms with Gasteiger partial charge in [-0.2, -0.15) is 0 Å². The average Bonchev–Trinajstić information content (AvgIpc) is 3.44. The maximum absolute atomic E-state index is 13.3. The lowest BCUT2D eigenvalue weighted by molar-refractivity contribution is 0.0347. The number of furan rings is 1. The summed E-state index contributed by atoms with van der Waals surface area (Å²) in [6, 6.07) is 15.9. The van der Waals surface area contributed by atoms with Crippen LogP contribution in [-0.2, 0) is 4.74 Å². The molecule has 1 aromatic carbocycles. The summed E-state index contributed by atoms with van der Waals surface area (Å²) in [5, 5.41) is 4.15. The maximum Gasteiger partial charge on any atom is 0.170 e. The van der Waals surface area contributed by atoms with Gasteiger partial charge in [-0.25, -0.2) is 4.39 Å². The quantitative estimate of drug-likeness (QED) is 0.571. The molecule has 2 fully saturated rings. The summed E-state index contributed by atoms with van der Waals surface area (Å²) in [5.41, 5.74) is 1.74. The summed E-state index contributed by atoms with van der Waals surface area (Å²) in [7, 11) is 0. The van der Waals surface area contributed by atoms with E-state index >= 15 is 0 Å². The Bertz CT molecular complexity index is 1050. The largest absolute Gasteiger partial charge is 0.459 e. The molecule has 3 aromatic rings. The van der Waals surface area contributed by atoms with E-state index < -0.39 is 0 Å². The smallest absolute Gasteiger partial charge is 0.170 e. The molecule has 0 spiro atoms. The molecule has 6 nitrogen and oxygen atoms in total. The van der Waals surface area contributed by atoms with E-state index in [1.165, 1.54) is 12.1 Å². The van der Waals surface area contributed by atoms with Crippen LogP contribution in [0.15, 0.2) is 65.2 Å². The number of thiocarbonyl (C=S) groups is 1. The van der Waals surface area contributed by atoms with Crippen LogP contribution in [0.4, 0.5) is 4.39 Å². The van der Waals surface area contributed by atoms with Gasteiger partial charge in [0.15, 0.2) is 5.11 Å². The molecule has 32 heavy (non-hydrogen) atoms. The summed E-state index contributed by atoms with van der Waals surface area (Å²) in [4.78, 5) is 9.16. The number of hydrogen-bond donors (Lipinski definition) is 1. The first kappa shape index (κ1) is 21.1. The number of hydrogen-bond acceptors (Lipinski definition) is 5. The van der Waals surface area contributed by atoms with E-state index in [9.17, 15) is 4.39 Å². The molecule has 0 bridgehead atoms. The number of nitrogens with one attached hydrogen (secondary N) is 1. The second-order valence-electron chi connectivity index (χ2n) is 7.98. The molecule has 2 aliphatic rings. The second-order valence-corrected chi connectivity index (χ2v) is 8.37. The summed E-state index contributed by atoms with van der Waals surface area (Å²) < 4.78 is 25.1. The van der Waals surface area contributed by atoms with Gasteiger partial charge >= 0.3 is 0 Å². The Morgan fingerprint density at radius 1 is 1.03 bits per heavy atom. The van der Waals surface area contributed by atoms with Gasteiger partial charge in [-0.3, -0.25) is 9.88 Å². The van der Waals surface area contributed by atoms with Crippen molar-refractivity contribution in [2.24, 2.45) is 0 Å². The van der Waals surface area contributed by atoms with Gasteiger partial charge in [0.05, 0.1) is 24.9 Å². The van der Waals surface area contributed by atoms with E-state index in [0.29, 0.717) is 10.9 Å². The Morgan fingerprint density at radius 3 is 2.59 bits per heavy atom. The third kappa shape index (κ3) is 4.39. The number of benzene rings is 1. The van der Waals surface area contributed by atoms with Crippen molar-refractivity contribution in [2.45, 2.75) is 12.1 Å². The molecule has 1 N–H and O–H groups in total. The van der Waals surface area contributed by atoms with Crippen LogP contribution in [0.25, 0.3) is 11.3 Å². The molecule has 2 aromatic heterocycles. The highest BCUT2D eigenvalue weighted by atomic mass is 32.1. The predicted octanol–water partition coefficient (Wildman–Crippen LogP) is 3.79. The first-order valence-electron chi connectivity index (χ1n) is 10.8. The number of halogens is 1. The number of pyridine rings is 1. The third-order valence-corrected chi connectivity index (χ3v) is 6.36. The lowest BCUT2D eigenvalue weighted by Gasteiger charge is -2.31. The Morgan fingerprint density at radius 2 is 1.84 bits per heavy atom. The van der Waals surface area contributed by atoms with Gasteiger partial charge in [0.1, 0.15) is 23.4 Å². The first-order chi connectivity index (χ1) is 15.7. The van der Waals surface area contributed by atoms with Crippen molar-refractivity contribution < 1.29 is 13.5 Å². The van der Waals surface area contributed by atoms with Crippen molar-refractivity contribution in [3.8, 4) is 11.3 Å². The van der Waals surface area contributed by atoms with Crippen LogP contribution in [0.5, 0.6) is 0 Å². The predicted molar refractivity (Wildman–Crippen MR) is 124 cm³/mol. The molecule has 0 radical (unpaired) electrons. The van der Waals surface area contributed by atoms with Crippen molar-refractivity contribution >= 4 is 17.3 Å². The van der Waals surface area contributed by atoms with E-state index in [4.69, 9.17) is 21.4 Å². The van der Waals surface area contributed by atoms with Crippen LogP contribution in [0.3, 0.4) is 0 Å². The topological polar surface area (TPSA) is 53.8 Å². The molecule has 2 aliphatic heterocycles. The van der Waals surface area contributed by atoms with Gasteiger partial charge < -0.3 is 19.4 Å². The second kappa shape index (κ2) is 9.36. The van der Waals surface area contributed by atoms with Gasteiger partial charge in [-0.1, -0.05) is 6.07 Å². The zero-order chi connectivity index (χ0) is 21.9. The Balaban J connectivity index is 1.43. The average molecular weight is 453 g/mol. The molecule has 166 valence electrons.